The molecule has 162 valence electrons. The molecule has 0 bridgehead atoms. The lowest BCUT2D eigenvalue weighted by Crippen LogP contribution is -2.27. The van der Waals surface area contributed by atoms with E-state index in [9.17, 15) is 9.59 Å². The second kappa shape index (κ2) is 7.96. The first-order valence-electron chi connectivity index (χ1n) is 10.7. The van der Waals surface area contributed by atoms with Gasteiger partial charge in [-0.05, 0) is 56.5 Å². The first kappa shape index (κ1) is 20.0. The minimum atomic E-state index is -0.281. The maximum atomic E-state index is 12.7. The molecule has 1 aliphatic rings. The molecule has 1 aliphatic heterocycles. The van der Waals surface area contributed by atoms with E-state index in [0.29, 0.717) is 22.6 Å². The number of nitrogens with one attached hydrogen (secondary N) is 3. The lowest BCUT2D eigenvalue weighted by molar-refractivity contribution is 0.0792. The van der Waals surface area contributed by atoms with E-state index in [1.807, 2.05) is 55.1 Å². The van der Waals surface area contributed by atoms with Gasteiger partial charge in [-0.25, -0.2) is 4.98 Å². The minimum absolute atomic E-state index is 0.0764. The molecular weight excluding hydrogens is 404 g/mol. The Morgan fingerprint density at radius 2 is 1.91 bits per heavy atom. The van der Waals surface area contributed by atoms with Crippen molar-refractivity contribution in [3.8, 4) is 11.3 Å². The highest BCUT2D eigenvalue weighted by Crippen LogP contribution is 2.26. The highest BCUT2D eigenvalue weighted by molar-refractivity contribution is 6.04. The summed E-state index contributed by atoms with van der Waals surface area (Å²) in [7, 11) is 0. The Kier molecular flexibility index (Phi) is 4.97. The van der Waals surface area contributed by atoms with Crippen LogP contribution in [-0.2, 0) is 0 Å². The van der Waals surface area contributed by atoms with Gasteiger partial charge in [0.05, 0.1) is 11.9 Å². The molecule has 1 fully saturated rings. The summed E-state index contributed by atoms with van der Waals surface area (Å²) in [4.78, 5) is 35.0. The average Bonchev–Trinajstić information content (AvgIpc) is 3.54. The van der Waals surface area contributed by atoms with E-state index in [1.54, 1.807) is 6.20 Å². The SMILES string of the molecule is Cc1[nH]nc(C(=O)Nc2cnc3[nH]c(-c4cccc(C(=O)N5CCCC5)c4)cc3c2)c1C. The molecule has 8 heteroatoms. The van der Waals surface area contributed by atoms with E-state index in [-0.39, 0.29) is 11.8 Å². The van der Waals surface area contributed by atoms with E-state index in [0.717, 1.165) is 53.8 Å². The van der Waals surface area contributed by atoms with Crippen molar-refractivity contribution in [2.24, 2.45) is 0 Å². The number of amides is 2. The van der Waals surface area contributed by atoms with Crippen LogP contribution in [0.4, 0.5) is 5.69 Å². The number of carbonyl (C=O) groups is 2. The van der Waals surface area contributed by atoms with Crippen molar-refractivity contribution < 1.29 is 9.59 Å². The second-order valence-electron chi connectivity index (χ2n) is 8.20. The molecule has 0 atom stereocenters. The Balaban J connectivity index is 1.39. The van der Waals surface area contributed by atoms with Crippen LogP contribution in [-0.4, -0.2) is 50.0 Å². The number of hydrogen-bond acceptors (Lipinski definition) is 4. The zero-order valence-electron chi connectivity index (χ0n) is 18.0. The summed E-state index contributed by atoms with van der Waals surface area (Å²) in [6.45, 7) is 5.38. The van der Waals surface area contributed by atoms with Gasteiger partial charge in [0.25, 0.3) is 11.8 Å². The number of rotatable bonds is 4. The summed E-state index contributed by atoms with van der Waals surface area (Å²) in [5, 5.41) is 10.6. The van der Waals surface area contributed by atoms with Crippen molar-refractivity contribution in [3.63, 3.8) is 0 Å². The lowest BCUT2D eigenvalue weighted by atomic mass is 10.1. The molecule has 4 heterocycles. The van der Waals surface area contributed by atoms with Gasteiger partial charge < -0.3 is 15.2 Å². The second-order valence-corrected chi connectivity index (χ2v) is 8.20. The van der Waals surface area contributed by atoms with E-state index < -0.39 is 0 Å². The molecule has 3 aromatic heterocycles. The van der Waals surface area contributed by atoms with Gasteiger partial charge in [0.15, 0.2) is 5.69 Å². The molecule has 5 rings (SSSR count). The Bertz CT molecular complexity index is 1330. The highest BCUT2D eigenvalue weighted by atomic mass is 16.2. The average molecular weight is 428 g/mol. The normalized spacial score (nSPS) is 13.6. The molecule has 8 nitrogen and oxygen atoms in total. The number of aromatic nitrogens is 4. The fraction of sp³-hybridized carbons (Fsp3) is 0.250. The van der Waals surface area contributed by atoms with E-state index in [2.05, 4.69) is 25.5 Å². The smallest absolute Gasteiger partial charge is 0.276 e. The van der Waals surface area contributed by atoms with Crippen LogP contribution in [0.5, 0.6) is 0 Å². The molecule has 2 amide bonds. The summed E-state index contributed by atoms with van der Waals surface area (Å²) >= 11 is 0. The van der Waals surface area contributed by atoms with E-state index in [4.69, 9.17) is 0 Å². The van der Waals surface area contributed by atoms with Crippen LogP contribution in [0.2, 0.25) is 0 Å². The highest BCUT2D eigenvalue weighted by Gasteiger charge is 2.20. The van der Waals surface area contributed by atoms with Crippen molar-refractivity contribution in [3.05, 3.63) is 65.1 Å². The summed E-state index contributed by atoms with van der Waals surface area (Å²) < 4.78 is 0. The first-order chi connectivity index (χ1) is 15.5. The fourth-order valence-corrected chi connectivity index (χ4v) is 4.06. The molecule has 0 aliphatic carbocycles. The standard InChI is InChI=1S/C24H24N6O2/c1-14-15(2)28-29-21(14)23(31)26-19-11-18-12-20(27-22(18)25-13-19)16-6-5-7-17(10-16)24(32)30-8-3-4-9-30/h5-7,10-13H,3-4,8-9H2,1-2H3,(H,25,27)(H,26,31)(H,28,29). The molecule has 1 aromatic carbocycles. The topological polar surface area (TPSA) is 107 Å². The van der Waals surface area contributed by atoms with Crippen molar-refractivity contribution in [1.29, 1.82) is 0 Å². The van der Waals surface area contributed by atoms with Gasteiger partial charge in [0.1, 0.15) is 5.65 Å². The molecule has 0 spiro atoms. The quantitative estimate of drug-likeness (QED) is 0.456. The number of H-pyrrole nitrogens is 2. The van der Waals surface area contributed by atoms with Gasteiger partial charge in [0.2, 0.25) is 0 Å². The van der Waals surface area contributed by atoms with Crippen LogP contribution >= 0.6 is 0 Å². The van der Waals surface area contributed by atoms with Gasteiger partial charge in [-0.1, -0.05) is 12.1 Å². The van der Waals surface area contributed by atoms with Gasteiger partial charge in [-0.15, -0.1) is 0 Å². The molecular formula is C24H24N6O2. The summed E-state index contributed by atoms with van der Waals surface area (Å²) in [6.07, 6.45) is 3.75. The van der Waals surface area contributed by atoms with Crippen molar-refractivity contribution in [1.82, 2.24) is 25.1 Å². The zero-order chi connectivity index (χ0) is 22.2. The molecule has 0 saturated carbocycles. The number of fused-ring (bicyclic) bond motifs is 1. The number of hydrogen-bond donors (Lipinski definition) is 3. The fourth-order valence-electron chi connectivity index (χ4n) is 4.06. The number of nitrogens with zero attached hydrogens (tertiary/aromatic N) is 3. The first-order valence-corrected chi connectivity index (χ1v) is 10.7. The van der Waals surface area contributed by atoms with Gasteiger partial charge in [-0.2, -0.15) is 5.10 Å². The number of anilines is 1. The predicted octanol–water partition coefficient (Wildman–Crippen LogP) is 4.06. The molecule has 1 saturated heterocycles. The lowest BCUT2D eigenvalue weighted by Gasteiger charge is -2.15. The van der Waals surface area contributed by atoms with Crippen LogP contribution in [0.15, 0.2) is 42.6 Å². The molecule has 4 aromatic rings. The van der Waals surface area contributed by atoms with Crippen LogP contribution < -0.4 is 5.32 Å². The number of benzene rings is 1. The molecule has 0 unspecified atom stereocenters. The number of likely N-dealkylation sites (tertiary alicyclic amines) is 1. The van der Waals surface area contributed by atoms with Crippen molar-refractivity contribution >= 4 is 28.5 Å². The summed E-state index contributed by atoms with van der Waals surface area (Å²) in [6, 6.07) is 11.5. The number of aryl methyl sites for hydroxylation is 1. The van der Waals surface area contributed by atoms with Crippen molar-refractivity contribution in [2.75, 3.05) is 18.4 Å². The Hall–Kier alpha value is -3.94. The van der Waals surface area contributed by atoms with Crippen LogP contribution in [0.1, 0.15) is 44.9 Å². The maximum Gasteiger partial charge on any atom is 0.276 e. The Labute approximate surface area is 185 Å². The van der Waals surface area contributed by atoms with Gasteiger partial charge in [0, 0.05) is 41.0 Å². The largest absolute Gasteiger partial charge is 0.339 e. The van der Waals surface area contributed by atoms with Crippen molar-refractivity contribution in [2.45, 2.75) is 26.7 Å². The molecule has 32 heavy (non-hydrogen) atoms. The number of carbonyl (C=O) groups excluding carboxylic acids is 2. The van der Waals surface area contributed by atoms with E-state index >= 15 is 0 Å². The van der Waals surface area contributed by atoms with E-state index in [1.165, 1.54) is 0 Å². The van der Waals surface area contributed by atoms with Gasteiger partial charge >= 0.3 is 0 Å². The summed E-state index contributed by atoms with van der Waals surface area (Å²) in [5.41, 5.74) is 5.83. The number of pyridine rings is 1. The molecule has 3 N–H and O–H groups in total. The molecule has 0 radical (unpaired) electrons. The number of aromatic amines is 2. The Morgan fingerprint density at radius 1 is 1.09 bits per heavy atom. The zero-order valence-corrected chi connectivity index (χ0v) is 18.0. The van der Waals surface area contributed by atoms with Gasteiger partial charge in [-0.3, -0.25) is 14.7 Å². The Morgan fingerprint density at radius 3 is 2.66 bits per heavy atom. The monoisotopic (exact) mass is 428 g/mol. The van der Waals surface area contributed by atoms with Crippen LogP contribution in [0.25, 0.3) is 22.3 Å². The minimum Gasteiger partial charge on any atom is -0.339 e. The maximum absolute atomic E-state index is 12.7. The predicted molar refractivity (Wildman–Crippen MR) is 123 cm³/mol. The van der Waals surface area contributed by atoms with Crippen LogP contribution in [0, 0.1) is 13.8 Å². The third-order valence-electron chi connectivity index (χ3n) is 6.01. The third-order valence-corrected chi connectivity index (χ3v) is 6.01. The summed E-state index contributed by atoms with van der Waals surface area (Å²) in [5.74, 6) is -0.204. The third kappa shape index (κ3) is 3.64. The van der Waals surface area contributed by atoms with Crippen LogP contribution in [0.3, 0.4) is 0 Å².